The van der Waals surface area contributed by atoms with Crippen LogP contribution in [0, 0.1) is 5.92 Å². The van der Waals surface area contributed by atoms with E-state index in [1.807, 2.05) is 30.3 Å². The molecule has 0 N–H and O–H groups in total. The maximum absolute atomic E-state index is 12.3. The molecule has 1 fully saturated rings. The van der Waals surface area contributed by atoms with Gasteiger partial charge in [-0.15, -0.1) is 0 Å². The van der Waals surface area contributed by atoms with Crippen molar-refractivity contribution < 1.29 is 14.3 Å². The van der Waals surface area contributed by atoms with Gasteiger partial charge in [0.1, 0.15) is 6.61 Å². The van der Waals surface area contributed by atoms with Gasteiger partial charge < -0.3 is 9.64 Å². The number of piperidine rings is 1. The number of nitrogens with zero attached hydrogens (tertiary/aromatic N) is 1. The molecule has 3 rings (SSSR count). The highest BCUT2D eigenvalue weighted by Gasteiger charge is 2.27. The van der Waals surface area contributed by atoms with Crippen molar-refractivity contribution in [3.05, 3.63) is 75.8 Å². The number of esters is 1. The number of hydrogen-bond acceptors (Lipinski definition) is 3. The summed E-state index contributed by atoms with van der Waals surface area (Å²) in [6.45, 7) is 1.20. The Morgan fingerprint density at radius 3 is 2.46 bits per heavy atom. The molecule has 0 aromatic heterocycles. The van der Waals surface area contributed by atoms with Crippen molar-refractivity contribution in [1.29, 1.82) is 0 Å². The number of rotatable bonds is 5. The lowest BCUT2D eigenvalue weighted by molar-refractivity contribution is -0.152. The number of hydrogen-bond donors (Lipinski definition) is 0. The first-order chi connectivity index (χ1) is 13.5. The molecule has 2 aromatic rings. The molecular weight excluding hydrogens is 397 g/mol. The summed E-state index contributed by atoms with van der Waals surface area (Å²) < 4.78 is 5.41. The molecule has 146 valence electrons. The molecule has 0 bridgehead atoms. The van der Waals surface area contributed by atoms with Crippen LogP contribution in [0.25, 0.3) is 6.08 Å². The summed E-state index contributed by atoms with van der Waals surface area (Å²) in [6, 6.07) is 14.8. The number of likely N-dealkylation sites (tertiary alicyclic amines) is 1. The van der Waals surface area contributed by atoms with Gasteiger partial charge in [0.25, 0.3) is 0 Å². The first kappa shape index (κ1) is 20.4. The van der Waals surface area contributed by atoms with Crippen LogP contribution in [-0.4, -0.2) is 29.9 Å². The van der Waals surface area contributed by atoms with Crippen LogP contribution in [0.3, 0.4) is 0 Å². The Bertz CT molecular complexity index is 859. The second kappa shape index (κ2) is 9.76. The molecule has 4 nitrogen and oxygen atoms in total. The Morgan fingerprint density at radius 1 is 1.07 bits per heavy atom. The number of carbonyl (C=O) groups is 2. The highest BCUT2D eigenvalue weighted by atomic mass is 35.5. The van der Waals surface area contributed by atoms with E-state index in [2.05, 4.69) is 0 Å². The quantitative estimate of drug-likeness (QED) is 0.508. The minimum Gasteiger partial charge on any atom is -0.461 e. The SMILES string of the molecule is O=C(OCc1ccc(Cl)cc1Cl)C1CCN(C(=O)/C=C/c2ccccc2)CC1. The van der Waals surface area contributed by atoms with Crippen molar-refractivity contribution in [3.63, 3.8) is 0 Å². The van der Waals surface area contributed by atoms with Crippen LogP contribution in [0.2, 0.25) is 10.0 Å². The van der Waals surface area contributed by atoms with Crippen molar-refractivity contribution in [2.45, 2.75) is 19.4 Å². The monoisotopic (exact) mass is 417 g/mol. The standard InChI is InChI=1S/C22H21Cl2NO3/c23-19-8-7-18(20(24)14-19)15-28-22(27)17-10-12-25(13-11-17)21(26)9-6-16-4-2-1-3-5-16/h1-9,14,17H,10-13,15H2/b9-6+. The molecule has 2 aromatic carbocycles. The zero-order valence-electron chi connectivity index (χ0n) is 15.3. The normalized spacial score (nSPS) is 15.0. The molecular formula is C22H21Cl2NO3. The third kappa shape index (κ3) is 5.60. The molecule has 1 aliphatic rings. The number of carbonyl (C=O) groups excluding carboxylic acids is 2. The molecule has 0 atom stereocenters. The van der Waals surface area contributed by atoms with Gasteiger partial charge in [0.2, 0.25) is 5.91 Å². The van der Waals surface area contributed by atoms with E-state index in [9.17, 15) is 9.59 Å². The van der Waals surface area contributed by atoms with Crippen molar-refractivity contribution in [2.75, 3.05) is 13.1 Å². The molecule has 1 aliphatic heterocycles. The van der Waals surface area contributed by atoms with Crippen LogP contribution in [0.15, 0.2) is 54.6 Å². The summed E-state index contributed by atoms with van der Waals surface area (Å²) in [5, 5.41) is 1.02. The van der Waals surface area contributed by atoms with E-state index >= 15 is 0 Å². The Kier molecular flexibility index (Phi) is 7.12. The predicted molar refractivity (Wildman–Crippen MR) is 111 cm³/mol. The Balaban J connectivity index is 1.46. The van der Waals surface area contributed by atoms with Crippen molar-refractivity contribution in [1.82, 2.24) is 4.90 Å². The zero-order valence-corrected chi connectivity index (χ0v) is 16.8. The maximum Gasteiger partial charge on any atom is 0.309 e. The van der Waals surface area contributed by atoms with Gasteiger partial charge in [-0.1, -0.05) is 59.6 Å². The fraction of sp³-hybridized carbons (Fsp3) is 0.273. The molecule has 0 aliphatic carbocycles. The van der Waals surface area contributed by atoms with Crippen LogP contribution in [0.1, 0.15) is 24.0 Å². The fourth-order valence-corrected chi connectivity index (χ4v) is 3.54. The zero-order chi connectivity index (χ0) is 19.9. The van der Waals surface area contributed by atoms with E-state index in [0.29, 0.717) is 36.0 Å². The molecule has 0 saturated carbocycles. The minimum absolute atomic E-state index is 0.0383. The second-order valence-electron chi connectivity index (χ2n) is 6.69. The molecule has 0 radical (unpaired) electrons. The highest BCUT2D eigenvalue weighted by molar-refractivity contribution is 6.35. The van der Waals surface area contributed by atoms with Gasteiger partial charge in [0, 0.05) is 34.8 Å². The summed E-state index contributed by atoms with van der Waals surface area (Å²) in [7, 11) is 0. The number of amides is 1. The topological polar surface area (TPSA) is 46.6 Å². The maximum atomic E-state index is 12.3. The van der Waals surface area contributed by atoms with Crippen LogP contribution < -0.4 is 0 Å². The highest BCUT2D eigenvalue weighted by Crippen LogP contribution is 2.23. The Morgan fingerprint density at radius 2 is 1.79 bits per heavy atom. The van der Waals surface area contributed by atoms with Gasteiger partial charge in [-0.25, -0.2) is 0 Å². The lowest BCUT2D eigenvalue weighted by Crippen LogP contribution is -2.39. The average Bonchev–Trinajstić information content (AvgIpc) is 2.72. The van der Waals surface area contributed by atoms with E-state index in [4.69, 9.17) is 27.9 Å². The first-order valence-corrected chi connectivity index (χ1v) is 9.91. The van der Waals surface area contributed by atoms with E-state index in [-0.39, 0.29) is 24.4 Å². The number of halogens is 2. The second-order valence-corrected chi connectivity index (χ2v) is 7.53. The van der Waals surface area contributed by atoms with Crippen LogP contribution in [0.5, 0.6) is 0 Å². The molecule has 1 amide bonds. The van der Waals surface area contributed by atoms with Gasteiger partial charge in [-0.05, 0) is 36.6 Å². The van der Waals surface area contributed by atoms with Crippen LogP contribution >= 0.6 is 23.2 Å². The van der Waals surface area contributed by atoms with Crippen molar-refractivity contribution >= 4 is 41.2 Å². The van der Waals surface area contributed by atoms with E-state index < -0.39 is 0 Å². The van der Waals surface area contributed by atoms with Crippen molar-refractivity contribution in [3.8, 4) is 0 Å². The van der Waals surface area contributed by atoms with Gasteiger partial charge in [-0.2, -0.15) is 0 Å². The Hall–Kier alpha value is -2.30. The van der Waals surface area contributed by atoms with Crippen molar-refractivity contribution in [2.24, 2.45) is 5.92 Å². The fourth-order valence-electron chi connectivity index (χ4n) is 3.08. The Labute approximate surface area is 174 Å². The first-order valence-electron chi connectivity index (χ1n) is 9.15. The van der Waals surface area contributed by atoms with Gasteiger partial charge in [0.15, 0.2) is 0 Å². The summed E-state index contributed by atoms with van der Waals surface area (Å²) in [4.78, 5) is 26.4. The smallest absolute Gasteiger partial charge is 0.309 e. The molecule has 6 heteroatoms. The number of benzene rings is 2. The molecule has 0 spiro atoms. The van der Waals surface area contributed by atoms with E-state index in [0.717, 1.165) is 11.1 Å². The van der Waals surface area contributed by atoms with Gasteiger partial charge in [0.05, 0.1) is 5.92 Å². The summed E-state index contributed by atoms with van der Waals surface area (Å²) in [6.07, 6.45) is 4.57. The lowest BCUT2D eigenvalue weighted by atomic mass is 9.97. The summed E-state index contributed by atoms with van der Waals surface area (Å²) >= 11 is 12.0. The van der Waals surface area contributed by atoms with Crippen LogP contribution in [-0.2, 0) is 20.9 Å². The molecule has 0 unspecified atom stereocenters. The van der Waals surface area contributed by atoms with E-state index in [1.165, 1.54) is 0 Å². The van der Waals surface area contributed by atoms with Crippen LogP contribution in [0.4, 0.5) is 0 Å². The largest absolute Gasteiger partial charge is 0.461 e. The predicted octanol–water partition coefficient (Wildman–Crippen LogP) is 4.99. The third-order valence-corrected chi connectivity index (χ3v) is 5.33. The summed E-state index contributed by atoms with van der Waals surface area (Å²) in [5.41, 5.74) is 1.70. The van der Waals surface area contributed by atoms with E-state index in [1.54, 1.807) is 35.3 Å². The molecule has 1 saturated heterocycles. The molecule has 1 heterocycles. The minimum atomic E-state index is -0.252. The van der Waals surface area contributed by atoms with Gasteiger partial charge >= 0.3 is 5.97 Å². The summed E-state index contributed by atoms with van der Waals surface area (Å²) in [5.74, 6) is -0.491. The molecule has 28 heavy (non-hydrogen) atoms. The van der Waals surface area contributed by atoms with Gasteiger partial charge in [-0.3, -0.25) is 9.59 Å². The third-order valence-electron chi connectivity index (χ3n) is 4.74. The number of ether oxygens (including phenoxy) is 1. The average molecular weight is 418 g/mol. The lowest BCUT2D eigenvalue weighted by Gasteiger charge is -2.30.